The fourth-order valence-electron chi connectivity index (χ4n) is 1.60. The second-order valence-corrected chi connectivity index (χ2v) is 5.47. The van der Waals surface area contributed by atoms with Gasteiger partial charge in [0, 0.05) is 30.7 Å². The van der Waals surface area contributed by atoms with Crippen LogP contribution in [0.1, 0.15) is 18.2 Å². The van der Waals surface area contributed by atoms with Crippen LogP contribution in [0.25, 0.3) is 0 Å². The predicted octanol–water partition coefficient (Wildman–Crippen LogP) is 1.20. The highest BCUT2D eigenvalue weighted by Crippen LogP contribution is 2.18. The Morgan fingerprint density at radius 2 is 2.12 bits per heavy atom. The molecule has 0 aliphatic rings. The first kappa shape index (κ1) is 14.4. The molecule has 0 aliphatic heterocycles. The number of nitrogens with one attached hydrogen (secondary N) is 1. The molecule has 1 aromatic heterocycles. The average molecular weight is 257 g/mol. The second-order valence-electron chi connectivity index (χ2n) is 4.36. The molecule has 0 saturated heterocycles. The van der Waals surface area contributed by atoms with E-state index in [-0.39, 0.29) is 0 Å². The standard InChI is InChI=1S/C11H23N5S/c1-4-5-16(7-6-15(2)3)9-10-8-13-11(14-12)17-10/h8H,4-7,9,12H2,1-3H3,(H,13,14). The van der Waals surface area contributed by atoms with Crippen molar-refractivity contribution in [2.75, 3.05) is 39.2 Å². The maximum Gasteiger partial charge on any atom is 0.197 e. The third kappa shape index (κ3) is 5.45. The van der Waals surface area contributed by atoms with Gasteiger partial charge < -0.3 is 4.90 Å². The number of anilines is 1. The number of aromatic nitrogens is 1. The van der Waals surface area contributed by atoms with Crippen molar-refractivity contribution < 1.29 is 0 Å². The molecule has 0 radical (unpaired) electrons. The Hall–Kier alpha value is -0.690. The van der Waals surface area contributed by atoms with E-state index in [1.54, 1.807) is 11.3 Å². The van der Waals surface area contributed by atoms with Crippen LogP contribution in [0.4, 0.5) is 5.13 Å². The predicted molar refractivity (Wildman–Crippen MR) is 74.0 cm³/mol. The minimum Gasteiger partial charge on any atom is -0.308 e. The molecule has 98 valence electrons. The van der Waals surface area contributed by atoms with Gasteiger partial charge in [0.1, 0.15) is 0 Å². The molecular formula is C11H23N5S. The number of rotatable bonds is 8. The van der Waals surface area contributed by atoms with Gasteiger partial charge in [-0.2, -0.15) is 0 Å². The number of hydrazine groups is 1. The summed E-state index contributed by atoms with van der Waals surface area (Å²) in [4.78, 5) is 10.1. The van der Waals surface area contributed by atoms with Crippen LogP contribution in [-0.2, 0) is 6.54 Å². The zero-order chi connectivity index (χ0) is 12.7. The molecule has 0 amide bonds. The molecule has 1 aromatic rings. The molecule has 0 spiro atoms. The van der Waals surface area contributed by atoms with E-state index in [1.165, 1.54) is 11.3 Å². The Balaban J connectivity index is 2.47. The lowest BCUT2D eigenvalue weighted by atomic mass is 10.3. The molecule has 17 heavy (non-hydrogen) atoms. The molecule has 0 atom stereocenters. The minimum atomic E-state index is 0.782. The normalized spacial score (nSPS) is 11.4. The first-order valence-electron chi connectivity index (χ1n) is 5.94. The van der Waals surface area contributed by atoms with Crippen molar-refractivity contribution in [1.29, 1.82) is 0 Å². The van der Waals surface area contributed by atoms with Crippen LogP contribution in [0.2, 0.25) is 0 Å². The van der Waals surface area contributed by atoms with E-state index in [2.05, 4.69) is 41.2 Å². The number of nitrogens with zero attached hydrogens (tertiary/aromatic N) is 3. The fraction of sp³-hybridized carbons (Fsp3) is 0.727. The number of nitrogens with two attached hydrogens (primary N) is 1. The molecule has 0 bridgehead atoms. The van der Waals surface area contributed by atoms with Gasteiger partial charge in [0.15, 0.2) is 5.13 Å². The molecule has 5 nitrogen and oxygen atoms in total. The van der Waals surface area contributed by atoms with Gasteiger partial charge in [0.2, 0.25) is 0 Å². The highest BCUT2D eigenvalue weighted by molar-refractivity contribution is 7.15. The summed E-state index contributed by atoms with van der Waals surface area (Å²) in [6.07, 6.45) is 3.08. The highest BCUT2D eigenvalue weighted by Gasteiger charge is 2.08. The van der Waals surface area contributed by atoms with Crippen LogP contribution in [0, 0.1) is 0 Å². The molecule has 0 saturated carbocycles. The Morgan fingerprint density at radius 3 is 2.65 bits per heavy atom. The topological polar surface area (TPSA) is 57.4 Å². The smallest absolute Gasteiger partial charge is 0.197 e. The Bertz CT molecular complexity index is 313. The summed E-state index contributed by atoms with van der Waals surface area (Å²) in [7, 11) is 4.21. The Morgan fingerprint density at radius 1 is 1.35 bits per heavy atom. The molecule has 0 fully saturated rings. The molecule has 1 heterocycles. The summed E-state index contributed by atoms with van der Waals surface area (Å²) in [6.45, 7) is 6.46. The van der Waals surface area contributed by atoms with E-state index in [0.29, 0.717) is 0 Å². The number of nitrogen functional groups attached to an aromatic ring is 1. The summed E-state index contributed by atoms with van der Waals surface area (Å²) in [5, 5.41) is 0.782. The maximum absolute atomic E-state index is 5.33. The zero-order valence-electron chi connectivity index (χ0n) is 10.9. The largest absolute Gasteiger partial charge is 0.308 e. The van der Waals surface area contributed by atoms with E-state index in [1.807, 2.05) is 6.20 Å². The highest BCUT2D eigenvalue weighted by atomic mass is 32.1. The summed E-state index contributed by atoms with van der Waals surface area (Å²) in [6, 6.07) is 0. The second kappa shape index (κ2) is 7.60. The summed E-state index contributed by atoms with van der Waals surface area (Å²) < 4.78 is 0. The number of hydrogen-bond donors (Lipinski definition) is 2. The molecule has 3 N–H and O–H groups in total. The van der Waals surface area contributed by atoms with Gasteiger partial charge >= 0.3 is 0 Å². The van der Waals surface area contributed by atoms with Gasteiger partial charge in [-0.3, -0.25) is 10.3 Å². The van der Waals surface area contributed by atoms with Gasteiger partial charge in [0.25, 0.3) is 0 Å². The van der Waals surface area contributed by atoms with Crippen LogP contribution >= 0.6 is 11.3 Å². The quantitative estimate of drug-likeness (QED) is 0.541. The van der Waals surface area contributed by atoms with E-state index >= 15 is 0 Å². The van der Waals surface area contributed by atoms with Crippen LogP contribution in [0.15, 0.2) is 6.20 Å². The van der Waals surface area contributed by atoms with Gasteiger partial charge in [-0.1, -0.05) is 18.3 Å². The number of thiazole rings is 1. The lowest BCUT2D eigenvalue weighted by molar-refractivity contribution is 0.235. The fourth-order valence-corrected chi connectivity index (χ4v) is 2.36. The van der Waals surface area contributed by atoms with Crippen molar-refractivity contribution in [2.24, 2.45) is 5.84 Å². The van der Waals surface area contributed by atoms with Crippen LogP contribution < -0.4 is 11.3 Å². The number of hydrogen-bond acceptors (Lipinski definition) is 6. The van der Waals surface area contributed by atoms with Crippen molar-refractivity contribution in [3.8, 4) is 0 Å². The van der Waals surface area contributed by atoms with E-state index in [0.717, 1.165) is 31.3 Å². The van der Waals surface area contributed by atoms with Crippen molar-refractivity contribution in [3.63, 3.8) is 0 Å². The van der Waals surface area contributed by atoms with Gasteiger partial charge in [-0.15, -0.1) is 0 Å². The monoisotopic (exact) mass is 257 g/mol. The van der Waals surface area contributed by atoms with Crippen LogP contribution in [0.3, 0.4) is 0 Å². The average Bonchev–Trinajstić information content (AvgIpc) is 2.74. The Kier molecular flexibility index (Phi) is 6.43. The minimum absolute atomic E-state index is 0.782. The molecule has 0 aromatic carbocycles. The summed E-state index contributed by atoms with van der Waals surface area (Å²) in [5.41, 5.74) is 2.58. The maximum atomic E-state index is 5.33. The van der Waals surface area contributed by atoms with Crippen molar-refractivity contribution in [1.82, 2.24) is 14.8 Å². The molecule has 1 rings (SSSR count). The van der Waals surface area contributed by atoms with Gasteiger partial charge in [-0.05, 0) is 27.1 Å². The third-order valence-electron chi connectivity index (χ3n) is 2.46. The van der Waals surface area contributed by atoms with E-state index < -0.39 is 0 Å². The zero-order valence-corrected chi connectivity index (χ0v) is 11.8. The van der Waals surface area contributed by atoms with Crippen molar-refractivity contribution >= 4 is 16.5 Å². The lowest BCUT2D eigenvalue weighted by Crippen LogP contribution is -2.31. The third-order valence-corrected chi connectivity index (χ3v) is 3.37. The SMILES string of the molecule is CCCN(CCN(C)C)Cc1cnc(NN)s1. The summed E-state index contributed by atoms with van der Waals surface area (Å²) >= 11 is 1.62. The molecule has 0 aliphatic carbocycles. The van der Waals surface area contributed by atoms with E-state index in [9.17, 15) is 0 Å². The van der Waals surface area contributed by atoms with Crippen LogP contribution in [-0.4, -0.2) is 48.5 Å². The van der Waals surface area contributed by atoms with Crippen molar-refractivity contribution in [2.45, 2.75) is 19.9 Å². The van der Waals surface area contributed by atoms with Crippen molar-refractivity contribution in [3.05, 3.63) is 11.1 Å². The molecule has 0 unspecified atom stereocenters. The van der Waals surface area contributed by atoms with Gasteiger partial charge in [-0.25, -0.2) is 10.8 Å². The first-order chi connectivity index (χ1) is 8.15. The Labute approximate surface area is 108 Å². The first-order valence-corrected chi connectivity index (χ1v) is 6.75. The van der Waals surface area contributed by atoms with E-state index in [4.69, 9.17) is 5.84 Å². The molecule has 6 heteroatoms. The summed E-state index contributed by atoms with van der Waals surface area (Å²) in [5.74, 6) is 5.33. The van der Waals surface area contributed by atoms with Gasteiger partial charge in [0.05, 0.1) is 0 Å². The lowest BCUT2D eigenvalue weighted by Gasteiger charge is -2.22. The van der Waals surface area contributed by atoms with Crippen LogP contribution in [0.5, 0.6) is 0 Å². The number of likely N-dealkylation sites (N-methyl/N-ethyl adjacent to an activating group) is 1. The molecular weight excluding hydrogens is 234 g/mol.